The van der Waals surface area contributed by atoms with Crippen molar-refractivity contribution in [3.8, 4) is 0 Å². The zero-order valence-corrected chi connectivity index (χ0v) is 10.1. The van der Waals surface area contributed by atoms with E-state index >= 15 is 0 Å². The fourth-order valence-corrected chi connectivity index (χ4v) is 2.21. The van der Waals surface area contributed by atoms with Gasteiger partial charge in [-0.05, 0) is 39.2 Å². The Morgan fingerprint density at radius 2 is 2.44 bits per heavy atom. The van der Waals surface area contributed by atoms with Crippen LogP contribution >= 0.6 is 0 Å². The molecule has 3 heteroatoms. The van der Waals surface area contributed by atoms with E-state index in [1.165, 1.54) is 25.7 Å². The molecule has 0 aliphatic heterocycles. The lowest BCUT2D eigenvalue weighted by Crippen LogP contribution is -2.18. The quantitative estimate of drug-likeness (QED) is 0.588. The van der Waals surface area contributed by atoms with E-state index in [1.807, 2.05) is 12.4 Å². The molecular weight excluding hydrogens is 198 g/mol. The molecular formula is C13H21N3. The van der Waals surface area contributed by atoms with Gasteiger partial charge in [0.15, 0.2) is 0 Å². The highest BCUT2D eigenvalue weighted by atomic mass is 15.1. The summed E-state index contributed by atoms with van der Waals surface area (Å²) in [6.45, 7) is 5.10. The lowest BCUT2D eigenvalue weighted by Gasteiger charge is -2.07. The fourth-order valence-electron chi connectivity index (χ4n) is 2.21. The maximum absolute atomic E-state index is 4.34. The maximum Gasteiger partial charge on any atom is 0.122 e. The van der Waals surface area contributed by atoms with E-state index in [0.29, 0.717) is 0 Å². The third-order valence-electron chi connectivity index (χ3n) is 3.18. The minimum Gasteiger partial charge on any atom is -0.334 e. The van der Waals surface area contributed by atoms with Gasteiger partial charge < -0.3 is 9.88 Å². The summed E-state index contributed by atoms with van der Waals surface area (Å²) in [7, 11) is 0. The Kier molecular flexibility index (Phi) is 4.17. The highest BCUT2D eigenvalue weighted by molar-refractivity contribution is 5.07. The second-order valence-electron chi connectivity index (χ2n) is 4.31. The van der Waals surface area contributed by atoms with Crippen LogP contribution in [0.15, 0.2) is 24.0 Å². The van der Waals surface area contributed by atoms with Crippen molar-refractivity contribution in [1.29, 1.82) is 0 Å². The van der Waals surface area contributed by atoms with Gasteiger partial charge in [-0.3, -0.25) is 0 Å². The van der Waals surface area contributed by atoms with Crippen LogP contribution in [0.4, 0.5) is 0 Å². The zero-order valence-electron chi connectivity index (χ0n) is 10.1. The standard InChI is InChI=1S/C13H21N3/c1-2-16-10-9-15-13(16)11-14-8-7-12-5-3-4-6-12/h5,9-10,14H,2-4,6-8,11H2,1H3. The first-order chi connectivity index (χ1) is 7.90. The average Bonchev–Trinajstić information content (AvgIpc) is 2.95. The summed E-state index contributed by atoms with van der Waals surface area (Å²) in [4.78, 5) is 4.34. The molecule has 0 amide bonds. The van der Waals surface area contributed by atoms with Crippen LogP contribution in [-0.2, 0) is 13.1 Å². The van der Waals surface area contributed by atoms with E-state index in [-0.39, 0.29) is 0 Å². The summed E-state index contributed by atoms with van der Waals surface area (Å²) in [5, 5.41) is 3.47. The van der Waals surface area contributed by atoms with Crippen molar-refractivity contribution in [3.05, 3.63) is 29.9 Å². The highest BCUT2D eigenvalue weighted by Crippen LogP contribution is 2.19. The van der Waals surface area contributed by atoms with Crippen LogP contribution in [0.25, 0.3) is 0 Å². The van der Waals surface area contributed by atoms with Crippen molar-refractivity contribution in [2.75, 3.05) is 6.54 Å². The van der Waals surface area contributed by atoms with Crippen molar-refractivity contribution in [3.63, 3.8) is 0 Å². The number of rotatable bonds is 6. The Morgan fingerprint density at radius 1 is 1.50 bits per heavy atom. The minimum atomic E-state index is 0.883. The van der Waals surface area contributed by atoms with Gasteiger partial charge >= 0.3 is 0 Å². The van der Waals surface area contributed by atoms with Gasteiger partial charge in [0.05, 0.1) is 6.54 Å². The van der Waals surface area contributed by atoms with Crippen LogP contribution in [0.5, 0.6) is 0 Å². The lowest BCUT2D eigenvalue weighted by atomic mass is 10.2. The van der Waals surface area contributed by atoms with Crippen LogP contribution in [0.1, 0.15) is 38.4 Å². The van der Waals surface area contributed by atoms with Crippen LogP contribution in [0.2, 0.25) is 0 Å². The van der Waals surface area contributed by atoms with E-state index in [1.54, 1.807) is 5.57 Å². The van der Waals surface area contributed by atoms with Gasteiger partial charge in [-0.1, -0.05) is 11.6 Å². The molecule has 2 rings (SSSR count). The lowest BCUT2D eigenvalue weighted by molar-refractivity contribution is 0.609. The molecule has 16 heavy (non-hydrogen) atoms. The van der Waals surface area contributed by atoms with Crippen LogP contribution in [0, 0.1) is 0 Å². The van der Waals surface area contributed by atoms with Gasteiger partial charge in [-0.15, -0.1) is 0 Å². The van der Waals surface area contributed by atoms with Crippen molar-refractivity contribution in [2.24, 2.45) is 0 Å². The van der Waals surface area contributed by atoms with Gasteiger partial charge in [0, 0.05) is 18.9 Å². The first-order valence-corrected chi connectivity index (χ1v) is 6.28. The van der Waals surface area contributed by atoms with E-state index in [4.69, 9.17) is 0 Å². The Labute approximate surface area is 97.6 Å². The Hall–Kier alpha value is -1.09. The molecule has 1 aliphatic carbocycles. The molecule has 1 N–H and O–H groups in total. The van der Waals surface area contributed by atoms with Crippen molar-refractivity contribution in [2.45, 2.75) is 45.7 Å². The molecule has 0 unspecified atom stereocenters. The molecule has 1 heterocycles. The molecule has 0 fully saturated rings. The smallest absolute Gasteiger partial charge is 0.122 e. The van der Waals surface area contributed by atoms with E-state index in [9.17, 15) is 0 Å². The maximum atomic E-state index is 4.34. The number of imidazole rings is 1. The van der Waals surface area contributed by atoms with Gasteiger partial charge in [0.25, 0.3) is 0 Å². The van der Waals surface area contributed by atoms with Crippen molar-refractivity contribution < 1.29 is 0 Å². The van der Waals surface area contributed by atoms with Crippen molar-refractivity contribution >= 4 is 0 Å². The summed E-state index contributed by atoms with van der Waals surface area (Å²) in [6, 6.07) is 0. The second-order valence-corrected chi connectivity index (χ2v) is 4.31. The summed E-state index contributed by atoms with van der Waals surface area (Å²) in [6.07, 6.45) is 11.5. The number of hydrogen-bond acceptors (Lipinski definition) is 2. The summed E-state index contributed by atoms with van der Waals surface area (Å²) >= 11 is 0. The van der Waals surface area contributed by atoms with Crippen LogP contribution < -0.4 is 5.32 Å². The second kappa shape index (κ2) is 5.85. The summed E-state index contributed by atoms with van der Waals surface area (Å²) < 4.78 is 2.18. The molecule has 1 aliphatic rings. The number of nitrogens with zero attached hydrogens (tertiary/aromatic N) is 2. The Morgan fingerprint density at radius 3 is 3.19 bits per heavy atom. The van der Waals surface area contributed by atoms with Crippen LogP contribution in [-0.4, -0.2) is 16.1 Å². The molecule has 0 aromatic carbocycles. The molecule has 0 saturated carbocycles. The Balaban J connectivity index is 1.67. The topological polar surface area (TPSA) is 29.9 Å². The van der Waals surface area contributed by atoms with Crippen molar-refractivity contribution in [1.82, 2.24) is 14.9 Å². The third kappa shape index (κ3) is 2.95. The largest absolute Gasteiger partial charge is 0.334 e. The summed E-state index contributed by atoms with van der Waals surface area (Å²) in [5.41, 5.74) is 1.63. The molecule has 0 radical (unpaired) electrons. The molecule has 0 saturated heterocycles. The Bertz CT molecular complexity index is 352. The molecule has 1 aromatic rings. The molecule has 1 aromatic heterocycles. The predicted octanol–water partition coefficient (Wildman–Crippen LogP) is 2.49. The van der Waals surface area contributed by atoms with Gasteiger partial charge in [-0.2, -0.15) is 0 Å². The zero-order chi connectivity index (χ0) is 11.2. The first kappa shape index (κ1) is 11.4. The minimum absolute atomic E-state index is 0.883. The average molecular weight is 219 g/mol. The highest BCUT2D eigenvalue weighted by Gasteiger charge is 2.04. The molecule has 3 nitrogen and oxygen atoms in total. The van der Waals surface area contributed by atoms with Gasteiger partial charge in [0.2, 0.25) is 0 Å². The number of aromatic nitrogens is 2. The van der Waals surface area contributed by atoms with Gasteiger partial charge in [-0.25, -0.2) is 4.98 Å². The van der Waals surface area contributed by atoms with Crippen LogP contribution in [0.3, 0.4) is 0 Å². The fraction of sp³-hybridized carbons (Fsp3) is 0.615. The predicted molar refractivity (Wildman–Crippen MR) is 66.2 cm³/mol. The first-order valence-electron chi connectivity index (χ1n) is 6.28. The third-order valence-corrected chi connectivity index (χ3v) is 3.18. The van der Waals surface area contributed by atoms with E-state index in [0.717, 1.165) is 25.5 Å². The molecule has 0 bridgehead atoms. The summed E-state index contributed by atoms with van der Waals surface area (Å²) in [5.74, 6) is 1.14. The number of allylic oxidation sites excluding steroid dienone is 1. The molecule has 0 spiro atoms. The van der Waals surface area contributed by atoms with E-state index < -0.39 is 0 Å². The molecule has 0 atom stereocenters. The van der Waals surface area contributed by atoms with Gasteiger partial charge in [0.1, 0.15) is 5.82 Å². The number of nitrogens with one attached hydrogen (secondary N) is 1. The number of hydrogen-bond donors (Lipinski definition) is 1. The SMILES string of the molecule is CCn1ccnc1CNCCC1=CCCC1. The monoisotopic (exact) mass is 219 g/mol. The molecule has 88 valence electrons. The number of aryl methyl sites for hydroxylation is 1. The van der Waals surface area contributed by atoms with E-state index in [2.05, 4.69) is 27.9 Å². The normalized spacial score (nSPS) is 15.4.